The molecule has 1 amide bonds. The summed E-state index contributed by atoms with van der Waals surface area (Å²) in [6.07, 6.45) is 4.12. The van der Waals surface area contributed by atoms with Gasteiger partial charge in [-0.05, 0) is 41.8 Å². The lowest BCUT2D eigenvalue weighted by Crippen LogP contribution is -2.37. The summed E-state index contributed by atoms with van der Waals surface area (Å²) in [5, 5.41) is 2.94. The van der Waals surface area contributed by atoms with Gasteiger partial charge in [-0.3, -0.25) is 9.78 Å². The number of carbonyl (C=O) groups is 1. The zero-order chi connectivity index (χ0) is 15.4. The largest absolute Gasteiger partial charge is 0.497 e. The molecule has 1 aliphatic rings. The molecule has 1 N–H and O–H groups in total. The summed E-state index contributed by atoms with van der Waals surface area (Å²) in [7, 11) is 1.63. The molecule has 0 unspecified atom stereocenters. The van der Waals surface area contributed by atoms with Crippen molar-refractivity contribution in [3.05, 3.63) is 53.9 Å². The molecule has 2 aromatic rings. The van der Waals surface area contributed by atoms with E-state index in [1.54, 1.807) is 19.5 Å². The van der Waals surface area contributed by atoms with Gasteiger partial charge < -0.3 is 14.8 Å². The zero-order valence-electron chi connectivity index (χ0n) is 12.4. The van der Waals surface area contributed by atoms with Gasteiger partial charge in [0, 0.05) is 18.9 Å². The molecule has 0 fully saturated rings. The normalized spacial score (nSPS) is 16.3. The minimum absolute atomic E-state index is 0.00248. The van der Waals surface area contributed by atoms with Crippen LogP contribution < -0.4 is 14.8 Å². The quantitative estimate of drug-likeness (QED) is 0.937. The highest BCUT2D eigenvalue weighted by atomic mass is 16.5. The number of fused-ring (bicyclic) bond motifs is 1. The van der Waals surface area contributed by atoms with E-state index in [0.717, 1.165) is 22.6 Å². The van der Waals surface area contributed by atoms with Crippen molar-refractivity contribution in [3.63, 3.8) is 0 Å². The van der Waals surface area contributed by atoms with Crippen LogP contribution in [-0.2, 0) is 17.8 Å². The van der Waals surface area contributed by atoms with Crippen molar-refractivity contribution < 1.29 is 14.3 Å². The van der Waals surface area contributed by atoms with Crippen LogP contribution in [0, 0.1) is 5.92 Å². The third-order valence-electron chi connectivity index (χ3n) is 3.73. The Morgan fingerprint density at radius 3 is 3.14 bits per heavy atom. The lowest BCUT2D eigenvalue weighted by Gasteiger charge is -2.25. The van der Waals surface area contributed by atoms with Gasteiger partial charge in [-0.1, -0.05) is 6.07 Å². The first-order chi connectivity index (χ1) is 10.8. The van der Waals surface area contributed by atoms with E-state index in [9.17, 15) is 4.79 Å². The molecule has 0 radical (unpaired) electrons. The van der Waals surface area contributed by atoms with Crippen molar-refractivity contribution in [3.8, 4) is 11.5 Å². The van der Waals surface area contributed by atoms with Crippen molar-refractivity contribution in [1.29, 1.82) is 0 Å². The van der Waals surface area contributed by atoms with E-state index < -0.39 is 0 Å². The van der Waals surface area contributed by atoms with Gasteiger partial charge in [-0.25, -0.2) is 0 Å². The predicted octanol–water partition coefficient (Wildman–Crippen LogP) is 1.96. The van der Waals surface area contributed by atoms with Crippen molar-refractivity contribution in [1.82, 2.24) is 10.3 Å². The second-order valence-electron chi connectivity index (χ2n) is 5.26. The van der Waals surface area contributed by atoms with Gasteiger partial charge in [0.25, 0.3) is 0 Å². The molecule has 1 aliphatic heterocycles. The molecule has 1 atom stereocenters. The first-order valence-corrected chi connectivity index (χ1v) is 7.22. The van der Waals surface area contributed by atoms with Crippen LogP contribution >= 0.6 is 0 Å². The lowest BCUT2D eigenvalue weighted by atomic mass is 9.95. The van der Waals surface area contributed by atoms with Crippen LogP contribution in [0.2, 0.25) is 0 Å². The summed E-state index contributed by atoms with van der Waals surface area (Å²) in [4.78, 5) is 16.3. The molecule has 114 valence electrons. The number of benzene rings is 1. The third kappa shape index (κ3) is 3.19. The highest BCUT2D eigenvalue weighted by Crippen LogP contribution is 2.30. The fourth-order valence-electron chi connectivity index (χ4n) is 2.50. The number of methoxy groups -OCH3 is 1. The fraction of sp³-hybridized carbons (Fsp3) is 0.294. The molecule has 0 spiro atoms. The number of ether oxygens (including phenoxy) is 2. The summed E-state index contributed by atoms with van der Waals surface area (Å²) in [6, 6.07) is 9.47. The second-order valence-corrected chi connectivity index (χ2v) is 5.26. The highest BCUT2D eigenvalue weighted by Gasteiger charge is 2.26. The van der Waals surface area contributed by atoms with E-state index in [2.05, 4.69) is 10.3 Å². The van der Waals surface area contributed by atoms with Gasteiger partial charge in [0.2, 0.25) is 5.91 Å². The van der Waals surface area contributed by atoms with Crippen LogP contribution in [0.3, 0.4) is 0 Å². The molecule has 0 bridgehead atoms. The Bertz CT molecular complexity index is 658. The monoisotopic (exact) mass is 298 g/mol. The number of amides is 1. The molecule has 0 aliphatic carbocycles. The Morgan fingerprint density at radius 1 is 1.45 bits per heavy atom. The highest BCUT2D eigenvalue weighted by molar-refractivity contribution is 5.79. The number of pyridine rings is 1. The molecule has 0 saturated heterocycles. The zero-order valence-corrected chi connectivity index (χ0v) is 12.4. The second kappa shape index (κ2) is 6.47. The number of nitrogens with one attached hydrogen (secondary N) is 1. The maximum Gasteiger partial charge on any atom is 0.227 e. The van der Waals surface area contributed by atoms with E-state index in [-0.39, 0.29) is 11.8 Å². The fourth-order valence-corrected chi connectivity index (χ4v) is 2.50. The van der Waals surface area contributed by atoms with Crippen LogP contribution in [0.15, 0.2) is 42.7 Å². The van der Waals surface area contributed by atoms with Crippen molar-refractivity contribution in [2.75, 3.05) is 13.7 Å². The molecule has 22 heavy (non-hydrogen) atoms. The first-order valence-electron chi connectivity index (χ1n) is 7.22. The Morgan fingerprint density at radius 2 is 2.36 bits per heavy atom. The number of nitrogens with zero attached hydrogens (tertiary/aromatic N) is 1. The van der Waals surface area contributed by atoms with Crippen molar-refractivity contribution in [2.45, 2.75) is 13.0 Å². The van der Waals surface area contributed by atoms with Gasteiger partial charge in [-0.2, -0.15) is 0 Å². The Hall–Kier alpha value is -2.56. The molecular weight excluding hydrogens is 280 g/mol. The smallest absolute Gasteiger partial charge is 0.227 e. The van der Waals surface area contributed by atoms with E-state index in [0.29, 0.717) is 19.6 Å². The van der Waals surface area contributed by atoms with Crippen LogP contribution in [0.1, 0.15) is 11.1 Å². The summed E-state index contributed by atoms with van der Waals surface area (Å²) in [5.74, 6) is 1.42. The Kier molecular flexibility index (Phi) is 4.23. The molecular formula is C17H18N2O3. The molecule has 2 heterocycles. The maximum atomic E-state index is 12.3. The number of rotatable bonds is 4. The van der Waals surface area contributed by atoms with Gasteiger partial charge in [-0.15, -0.1) is 0 Å². The molecule has 5 nitrogen and oxygen atoms in total. The number of hydrogen-bond acceptors (Lipinski definition) is 4. The molecule has 5 heteroatoms. The van der Waals surface area contributed by atoms with Gasteiger partial charge in [0.1, 0.15) is 18.1 Å². The predicted molar refractivity (Wildman–Crippen MR) is 81.8 cm³/mol. The van der Waals surface area contributed by atoms with Crippen LogP contribution in [0.5, 0.6) is 11.5 Å². The minimum atomic E-state index is -0.184. The number of carbonyl (C=O) groups excluding carboxylic acids is 1. The van der Waals surface area contributed by atoms with E-state index in [1.807, 2.05) is 30.3 Å². The van der Waals surface area contributed by atoms with E-state index in [1.165, 1.54) is 0 Å². The van der Waals surface area contributed by atoms with Crippen molar-refractivity contribution in [2.24, 2.45) is 5.92 Å². The van der Waals surface area contributed by atoms with Gasteiger partial charge in [0.05, 0.1) is 13.0 Å². The SMILES string of the molecule is COc1ccc2c(c1)C[C@@H](C(=O)NCc1cccnc1)CO2. The number of hydrogen-bond donors (Lipinski definition) is 1. The van der Waals surface area contributed by atoms with Crippen LogP contribution in [0.25, 0.3) is 0 Å². The van der Waals surface area contributed by atoms with Crippen LogP contribution in [0.4, 0.5) is 0 Å². The minimum Gasteiger partial charge on any atom is -0.497 e. The standard InChI is InChI=1S/C17H18N2O3/c1-21-15-4-5-16-13(8-15)7-14(11-22-16)17(20)19-10-12-3-2-6-18-9-12/h2-6,8-9,14H,7,10-11H2,1H3,(H,19,20)/t14-/m1/s1. The molecule has 3 rings (SSSR count). The Labute approximate surface area is 129 Å². The summed E-state index contributed by atoms with van der Waals surface area (Å²) in [6.45, 7) is 0.881. The topological polar surface area (TPSA) is 60.5 Å². The average Bonchev–Trinajstić information content (AvgIpc) is 2.59. The summed E-state index contributed by atoms with van der Waals surface area (Å²) >= 11 is 0. The lowest BCUT2D eigenvalue weighted by molar-refractivity contribution is -0.126. The van der Waals surface area contributed by atoms with Gasteiger partial charge in [0.15, 0.2) is 0 Å². The molecule has 1 aromatic carbocycles. The van der Waals surface area contributed by atoms with Gasteiger partial charge >= 0.3 is 0 Å². The van der Waals surface area contributed by atoms with Crippen LogP contribution in [-0.4, -0.2) is 24.6 Å². The average molecular weight is 298 g/mol. The van der Waals surface area contributed by atoms with E-state index in [4.69, 9.17) is 9.47 Å². The Balaban J connectivity index is 1.62. The van der Waals surface area contributed by atoms with E-state index >= 15 is 0 Å². The summed E-state index contributed by atoms with van der Waals surface area (Å²) < 4.78 is 10.9. The third-order valence-corrected chi connectivity index (χ3v) is 3.73. The van der Waals surface area contributed by atoms with Crippen molar-refractivity contribution >= 4 is 5.91 Å². The first kappa shape index (κ1) is 14.4. The number of aromatic nitrogens is 1. The molecule has 1 aromatic heterocycles. The summed E-state index contributed by atoms with van der Waals surface area (Å²) in [5.41, 5.74) is 1.99. The maximum absolute atomic E-state index is 12.3. The molecule has 0 saturated carbocycles.